The van der Waals surface area contributed by atoms with Crippen molar-refractivity contribution in [3.63, 3.8) is 0 Å². The number of thioether (sulfide) groups is 1. The number of aliphatic hydroxyl groups excluding tert-OH is 1. The Morgan fingerprint density at radius 1 is 1.38 bits per heavy atom. The molecule has 1 aliphatic heterocycles. The Labute approximate surface area is 156 Å². The van der Waals surface area contributed by atoms with Gasteiger partial charge in [0.25, 0.3) is 0 Å². The van der Waals surface area contributed by atoms with Gasteiger partial charge in [-0.1, -0.05) is 0 Å². The van der Waals surface area contributed by atoms with E-state index in [1.54, 1.807) is 11.5 Å². The number of imidazole rings is 1. The van der Waals surface area contributed by atoms with Crippen LogP contribution in [-0.4, -0.2) is 74.8 Å². The van der Waals surface area contributed by atoms with E-state index in [9.17, 15) is 10.00 Å². The number of aromatic nitrogens is 4. The summed E-state index contributed by atoms with van der Waals surface area (Å²) in [6.45, 7) is 2.00. The first-order valence-electron chi connectivity index (χ1n) is 7.94. The third-order valence-electron chi connectivity index (χ3n) is 3.58. The minimum atomic E-state index is -3.49. The largest absolute Gasteiger partial charge is 0.488 e. The van der Waals surface area contributed by atoms with Crippen LogP contribution in [-0.2, 0) is 13.8 Å². The molecule has 10 nitrogen and oxygen atoms in total. The number of hydrogen-bond donors (Lipinski definition) is 3. The Morgan fingerprint density at radius 2 is 2.15 bits per heavy atom. The molecule has 0 aliphatic carbocycles. The van der Waals surface area contributed by atoms with E-state index in [4.69, 9.17) is 27.1 Å². The summed E-state index contributed by atoms with van der Waals surface area (Å²) in [5.74, 6) is 0.697. The molecule has 1 aliphatic rings. The summed E-state index contributed by atoms with van der Waals surface area (Å²) in [5, 5.41) is 11.2. The molecule has 4 N–H and O–H groups in total. The molecular weight excluding hydrogens is 380 g/mol. The van der Waals surface area contributed by atoms with Crippen LogP contribution in [0, 0.1) is 0 Å². The fraction of sp³-hybridized carbons (Fsp3) is 0.615. The Hall–Kier alpha value is -0.845. The fourth-order valence-corrected chi connectivity index (χ4v) is 3.99. The predicted molar refractivity (Wildman–Crippen MR) is 97.5 cm³/mol. The molecule has 0 saturated carbocycles. The smallest absolute Gasteiger partial charge is 0.386 e. The average molecular weight is 400 g/mol. The Balaban J connectivity index is 1.93. The standard InChI is InChI=1S/C13H20BN5O5PS/c1-8-4-22-25(14,21)23-5-9(20)13(24-8)19-7-18-10-11(19)16-6-17-12(10)26-3-2-15/h6-9,13,20-21H,2-5,15H2,1H3/q+1/t8-,9-,13+,25?/m0/s1. The number of aliphatic hydroxyl groups is 1. The van der Waals surface area contributed by atoms with Crippen LogP contribution in [0.25, 0.3) is 11.2 Å². The van der Waals surface area contributed by atoms with Gasteiger partial charge in [0.15, 0.2) is 11.9 Å². The highest BCUT2D eigenvalue weighted by Gasteiger charge is 2.39. The molecule has 2 aromatic rings. The number of hydrogen-bond acceptors (Lipinski definition) is 10. The zero-order chi connectivity index (χ0) is 18.7. The lowest BCUT2D eigenvalue weighted by Crippen LogP contribution is -2.32. The maximum atomic E-state index is 10.5. The van der Waals surface area contributed by atoms with Crippen molar-refractivity contribution in [2.75, 3.05) is 25.5 Å². The van der Waals surface area contributed by atoms with Crippen molar-refractivity contribution in [1.29, 1.82) is 0 Å². The SMILES string of the molecule is [B][P+]1(O)OC[C@H](C)O[C@@H](n2cnc3c(SCCN)ncnc32)[C@@H](O)CO1. The minimum Gasteiger partial charge on any atom is -0.386 e. The minimum absolute atomic E-state index is 0.0171. The first kappa shape index (κ1) is 19.9. The lowest BCUT2D eigenvalue weighted by atomic mass is 10.3. The van der Waals surface area contributed by atoms with Crippen LogP contribution in [0.2, 0.25) is 0 Å². The molecular formula is C13H20BN5O5PS+. The molecule has 4 atom stereocenters. The molecule has 0 aromatic carbocycles. The predicted octanol–water partition coefficient (Wildman–Crippen LogP) is 0.0269. The first-order chi connectivity index (χ1) is 12.4. The van der Waals surface area contributed by atoms with Gasteiger partial charge in [-0.25, -0.2) is 19.8 Å². The molecule has 0 bridgehead atoms. The molecule has 1 fully saturated rings. The van der Waals surface area contributed by atoms with Crippen molar-refractivity contribution in [2.24, 2.45) is 5.73 Å². The molecule has 140 valence electrons. The first-order valence-corrected chi connectivity index (χ1v) is 10.6. The van der Waals surface area contributed by atoms with Crippen LogP contribution in [0.4, 0.5) is 0 Å². The highest BCUT2D eigenvalue weighted by molar-refractivity contribution is 7.99. The number of rotatable bonds is 4. The van der Waals surface area contributed by atoms with Gasteiger partial charge >= 0.3 is 15.4 Å². The molecule has 0 spiro atoms. The maximum Gasteiger partial charge on any atom is 0.488 e. The van der Waals surface area contributed by atoms with Gasteiger partial charge in [0.1, 0.15) is 36.2 Å². The van der Waals surface area contributed by atoms with E-state index in [0.29, 0.717) is 28.5 Å². The van der Waals surface area contributed by atoms with E-state index in [1.807, 2.05) is 0 Å². The lowest BCUT2D eigenvalue weighted by Gasteiger charge is -2.25. The van der Waals surface area contributed by atoms with E-state index < -0.39 is 26.3 Å². The Kier molecular flexibility index (Phi) is 6.47. The van der Waals surface area contributed by atoms with Gasteiger partial charge < -0.3 is 15.6 Å². The Morgan fingerprint density at radius 3 is 2.92 bits per heavy atom. The van der Waals surface area contributed by atoms with Crippen LogP contribution in [0.1, 0.15) is 13.2 Å². The molecule has 3 rings (SSSR count). The molecule has 3 heterocycles. The third-order valence-corrected chi connectivity index (χ3v) is 5.63. The number of fused-ring (bicyclic) bond motifs is 1. The summed E-state index contributed by atoms with van der Waals surface area (Å²) < 4.78 is 17.8. The van der Waals surface area contributed by atoms with Gasteiger partial charge in [0.05, 0.1) is 12.4 Å². The van der Waals surface area contributed by atoms with E-state index in [0.717, 1.165) is 0 Å². The van der Waals surface area contributed by atoms with Crippen molar-refractivity contribution in [2.45, 2.75) is 30.4 Å². The monoisotopic (exact) mass is 400 g/mol. The van der Waals surface area contributed by atoms with Crippen LogP contribution >= 0.6 is 19.6 Å². The second kappa shape index (κ2) is 8.45. The third kappa shape index (κ3) is 4.52. The van der Waals surface area contributed by atoms with Crippen LogP contribution in [0.15, 0.2) is 17.7 Å². The van der Waals surface area contributed by atoms with Crippen molar-refractivity contribution in [1.82, 2.24) is 19.5 Å². The van der Waals surface area contributed by atoms with Crippen LogP contribution in [0.5, 0.6) is 0 Å². The van der Waals surface area contributed by atoms with Crippen molar-refractivity contribution in [3.05, 3.63) is 12.7 Å². The average Bonchev–Trinajstić information content (AvgIpc) is 3.06. The van der Waals surface area contributed by atoms with Crippen molar-refractivity contribution in [3.8, 4) is 0 Å². The highest BCUT2D eigenvalue weighted by atomic mass is 32.2. The zero-order valence-corrected chi connectivity index (χ0v) is 15.8. The van der Waals surface area contributed by atoms with E-state index in [-0.39, 0.29) is 13.2 Å². The van der Waals surface area contributed by atoms with Gasteiger partial charge in [-0.15, -0.1) is 11.8 Å². The molecule has 1 unspecified atom stereocenters. The maximum absolute atomic E-state index is 10.5. The molecule has 13 heteroatoms. The summed E-state index contributed by atoms with van der Waals surface area (Å²) in [6, 6.07) is 0. The van der Waals surface area contributed by atoms with E-state index >= 15 is 0 Å². The molecule has 2 aromatic heterocycles. The second-order valence-electron chi connectivity index (χ2n) is 5.70. The summed E-state index contributed by atoms with van der Waals surface area (Å²) in [6.07, 6.45) is 0.515. The van der Waals surface area contributed by atoms with Crippen molar-refractivity contribution >= 4 is 38.3 Å². The van der Waals surface area contributed by atoms with Crippen LogP contribution in [0.3, 0.4) is 0 Å². The van der Waals surface area contributed by atoms with Crippen molar-refractivity contribution < 1.29 is 23.8 Å². The molecule has 1 saturated heterocycles. The van der Waals surface area contributed by atoms with Gasteiger partial charge in [0, 0.05) is 12.3 Å². The number of ether oxygens (including phenoxy) is 1. The molecule has 2 radical (unpaired) electrons. The Bertz CT molecular complexity index is 753. The van der Waals surface area contributed by atoms with Gasteiger partial charge in [-0.2, -0.15) is 9.05 Å². The zero-order valence-electron chi connectivity index (χ0n) is 14.1. The van der Waals surface area contributed by atoms with E-state index in [1.165, 1.54) is 24.4 Å². The molecule has 26 heavy (non-hydrogen) atoms. The summed E-state index contributed by atoms with van der Waals surface area (Å²) >= 11 is 1.48. The topological polar surface area (TPSA) is 138 Å². The normalized spacial score (nSPS) is 30.7. The number of nitrogens with zero attached hydrogens (tertiary/aromatic N) is 4. The fourth-order valence-electron chi connectivity index (χ4n) is 2.41. The van der Waals surface area contributed by atoms with E-state index in [2.05, 4.69) is 15.0 Å². The summed E-state index contributed by atoms with van der Waals surface area (Å²) in [4.78, 5) is 22.7. The highest BCUT2D eigenvalue weighted by Crippen LogP contribution is 2.52. The molecule has 0 amide bonds. The number of nitrogens with two attached hydrogens (primary N) is 1. The van der Waals surface area contributed by atoms with Gasteiger partial charge in [0.2, 0.25) is 0 Å². The quantitative estimate of drug-likeness (QED) is 0.279. The van der Waals surface area contributed by atoms with Gasteiger partial charge in [-0.05, 0) is 6.92 Å². The van der Waals surface area contributed by atoms with Crippen LogP contribution < -0.4 is 5.73 Å². The lowest BCUT2D eigenvalue weighted by molar-refractivity contribution is -0.120. The van der Waals surface area contributed by atoms with Gasteiger partial charge in [-0.3, -0.25) is 4.57 Å². The summed E-state index contributed by atoms with van der Waals surface area (Å²) in [7, 11) is 2.08. The summed E-state index contributed by atoms with van der Waals surface area (Å²) in [5.41, 5.74) is 6.65. The second-order valence-corrected chi connectivity index (χ2v) is 8.43.